The Hall–Kier alpha value is -1.60. The number of aromatic nitrogens is 2. The van der Waals surface area contributed by atoms with Gasteiger partial charge in [-0.2, -0.15) is 13.2 Å². The van der Waals surface area contributed by atoms with Crippen molar-refractivity contribution in [2.75, 3.05) is 26.2 Å². The van der Waals surface area contributed by atoms with E-state index in [1.807, 2.05) is 4.57 Å². The van der Waals surface area contributed by atoms with Crippen LogP contribution in [0.15, 0.2) is 18.2 Å². The molecule has 29 heavy (non-hydrogen) atoms. The third-order valence-electron chi connectivity index (χ3n) is 5.22. The average Bonchev–Trinajstić information content (AvgIpc) is 3.04. The van der Waals surface area contributed by atoms with Crippen LogP contribution in [0.25, 0.3) is 11.0 Å². The molecule has 1 heterocycles. The summed E-state index contributed by atoms with van der Waals surface area (Å²) in [5.74, 6) is 0.752. The van der Waals surface area contributed by atoms with Crippen LogP contribution >= 0.6 is 0 Å². The highest BCUT2D eigenvalue weighted by Crippen LogP contribution is 2.31. The Morgan fingerprint density at radius 3 is 2.24 bits per heavy atom. The van der Waals surface area contributed by atoms with E-state index in [4.69, 9.17) is 5.11 Å². The fourth-order valence-electron chi connectivity index (χ4n) is 3.58. The molecule has 0 atom stereocenters. The van der Waals surface area contributed by atoms with Crippen molar-refractivity contribution in [3.8, 4) is 0 Å². The molecule has 0 aliphatic carbocycles. The van der Waals surface area contributed by atoms with E-state index in [9.17, 15) is 13.2 Å². The number of aliphatic hydroxyl groups is 1. The summed E-state index contributed by atoms with van der Waals surface area (Å²) in [4.78, 5) is 6.95. The van der Waals surface area contributed by atoms with E-state index in [1.165, 1.54) is 31.7 Å². The van der Waals surface area contributed by atoms with Crippen LogP contribution in [0.2, 0.25) is 0 Å². The van der Waals surface area contributed by atoms with Gasteiger partial charge in [-0.15, -0.1) is 0 Å². The standard InChI is InChI=1S/C22H34F3N3O/c1-3-5-12-27(13-6-4-2)14-8-15-28-20-11-10-18(22(23,24)25)17-19(20)26-21(28)9-7-16-29/h10-11,17,29H,3-9,12-16H2,1-2H3. The molecule has 2 aromatic rings. The minimum Gasteiger partial charge on any atom is -0.396 e. The summed E-state index contributed by atoms with van der Waals surface area (Å²) in [6.07, 6.45) is 2.35. The summed E-state index contributed by atoms with van der Waals surface area (Å²) in [6.45, 7) is 8.30. The van der Waals surface area contributed by atoms with E-state index >= 15 is 0 Å². The number of benzene rings is 1. The molecule has 0 fully saturated rings. The topological polar surface area (TPSA) is 41.3 Å². The summed E-state index contributed by atoms with van der Waals surface area (Å²) < 4.78 is 41.2. The Bertz CT molecular complexity index is 735. The van der Waals surface area contributed by atoms with E-state index in [2.05, 4.69) is 23.7 Å². The van der Waals surface area contributed by atoms with E-state index in [1.54, 1.807) is 0 Å². The average molecular weight is 414 g/mol. The van der Waals surface area contributed by atoms with Crippen LogP contribution in [0.3, 0.4) is 0 Å². The molecule has 0 radical (unpaired) electrons. The summed E-state index contributed by atoms with van der Waals surface area (Å²) in [6, 6.07) is 3.79. The maximum atomic E-state index is 13.0. The third-order valence-corrected chi connectivity index (χ3v) is 5.22. The Balaban J connectivity index is 2.16. The van der Waals surface area contributed by atoms with Crippen LogP contribution in [0.4, 0.5) is 13.2 Å². The number of imidazole rings is 1. The molecule has 0 bridgehead atoms. The van der Waals surface area contributed by atoms with Crippen molar-refractivity contribution in [3.63, 3.8) is 0 Å². The molecule has 1 aromatic heterocycles. The van der Waals surface area contributed by atoms with Crippen molar-refractivity contribution in [1.29, 1.82) is 0 Å². The van der Waals surface area contributed by atoms with E-state index in [0.717, 1.165) is 56.1 Å². The molecule has 0 amide bonds. The molecule has 4 nitrogen and oxygen atoms in total. The molecule has 0 saturated heterocycles. The second kappa shape index (κ2) is 11.6. The summed E-state index contributed by atoms with van der Waals surface area (Å²) >= 11 is 0. The number of hydrogen-bond donors (Lipinski definition) is 1. The molecule has 2 rings (SSSR count). The number of aliphatic hydroxyl groups excluding tert-OH is 1. The van der Waals surface area contributed by atoms with Crippen molar-refractivity contribution in [3.05, 3.63) is 29.6 Å². The zero-order valence-electron chi connectivity index (χ0n) is 17.6. The van der Waals surface area contributed by atoms with E-state index in [0.29, 0.717) is 18.4 Å². The zero-order valence-corrected chi connectivity index (χ0v) is 17.6. The van der Waals surface area contributed by atoms with E-state index < -0.39 is 11.7 Å². The summed E-state index contributed by atoms with van der Waals surface area (Å²) in [5, 5.41) is 9.17. The van der Waals surface area contributed by atoms with Crippen LogP contribution in [0.1, 0.15) is 63.8 Å². The predicted octanol–water partition coefficient (Wildman–Crippen LogP) is 5.27. The third kappa shape index (κ3) is 7.00. The van der Waals surface area contributed by atoms with Crippen LogP contribution in [0, 0.1) is 0 Å². The van der Waals surface area contributed by atoms with Gasteiger partial charge in [0.2, 0.25) is 0 Å². The van der Waals surface area contributed by atoms with Crippen LogP contribution in [-0.2, 0) is 19.1 Å². The van der Waals surface area contributed by atoms with Gasteiger partial charge >= 0.3 is 6.18 Å². The number of aryl methyl sites for hydroxylation is 2. The highest BCUT2D eigenvalue weighted by Gasteiger charge is 2.31. The fraction of sp³-hybridized carbons (Fsp3) is 0.682. The van der Waals surface area contributed by atoms with Gasteiger partial charge in [0.15, 0.2) is 0 Å². The van der Waals surface area contributed by atoms with Crippen LogP contribution in [-0.4, -0.2) is 45.8 Å². The number of nitrogens with zero attached hydrogens (tertiary/aromatic N) is 3. The molecule has 0 aliphatic rings. The van der Waals surface area contributed by atoms with Crippen LogP contribution in [0.5, 0.6) is 0 Å². The number of hydrogen-bond acceptors (Lipinski definition) is 3. The van der Waals surface area contributed by atoms with Gasteiger partial charge in [0.1, 0.15) is 5.82 Å². The van der Waals surface area contributed by atoms with Crippen molar-refractivity contribution >= 4 is 11.0 Å². The molecule has 0 saturated carbocycles. The first-order valence-corrected chi connectivity index (χ1v) is 10.8. The van der Waals surface area contributed by atoms with Crippen molar-refractivity contribution in [2.24, 2.45) is 0 Å². The number of rotatable bonds is 13. The van der Waals surface area contributed by atoms with Gasteiger partial charge in [-0.1, -0.05) is 26.7 Å². The molecule has 0 aliphatic heterocycles. The zero-order chi connectivity index (χ0) is 21.3. The minimum absolute atomic E-state index is 0.0405. The Morgan fingerprint density at radius 1 is 1.00 bits per heavy atom. The van der Waals surface area contributed by atoms with Gasteiger partial charge < -0.3 is 14.6 Å². The molecule has 164 valence electrons. The Labute approximate surface area is 171 Å². The van der Waals surface area contributed by atoms with Gasteiger partial charge in [0, 0.05) is 19.6 Å². The first-order chi connectivity index (χ1) is 13.9. The molecule has 7 heteroatoms. The second-order valence-corrected chi connectivity index (χ2v) is 7.61. The van der Waals surface area contributed by atoms with Gasteiger partial charge in [-0.25, -0.2) is 4.98 Å². The lowest BCUT2D eigenvalue weighted by atomic mass is 10.2. The molecule has 0 spiro atoms. The summed E-state index contributed by atoms with van der Waals surface area (Å²) in [5.41, 5.74) is 0.440. The molecule has 0 unspecified atom stereocenters. The lowest BCUT2D eigenvalue weighted by Gasteiger charge is -2.22. The predicted molar refractivity (Wildman–Crippen MR) is 111 cm³/mol. The van der Waals surface area contributed by atoms with Crippen molar-refractivity contribution < 1.29 is 18.3 Å². The Morgan fingerprint density at radius 2 is 1.66 bits per heavy atom. The maximum Gasteiger partial charge on any atom is 0.416 e. The van der Waals surface area contributed by atoms with Gasteiger partial charge in [0.05, 0.1) is 16.6 Å². The van der Waals surface area contributed by atoms with Crippen molar-refractivity contribution in [1.82, 2.24) is 14.5 Å². The first-order valence-electron chi connectivity index (χ1n) is 10.8. The maximum absolute atomic E-state index is 13.0. The highest BCUT2D eigenvalue weighted by molar-refractivity contribution is 5.77. The lowest BCUT2D eigenvalue weighted by Crippen LogP contribution is -2.28. The quantitative estimate of drug-likeness (QED) is 0.486. The smallest absolute Gasteiger partial charge is 0.396 e. The highest BCUT2D eigenvalue weighted by atomic mass is 19.4. The monoisotopic (exact) mass is 413 g/mol. The second-order valence-electron chi connectivity index (χ2n) is 7.61. The van der Waals surface area contributed by atoms with Gasteiger partial charge in [-0.05, 0) is 63.5 Å². The normalized spacial score (nSPS) is 12.4. The SMILES string of the molecule is CCCCN(CCCC)CCCn1c(CCCO)nc2cc(C(F)(F)F)ccc21. The molecular formula is C22H34F3N3O. The first kappa shape index (κ1) is 23.7. The molecule has 1 aromatic carbocycles. The number of unbranched alkanes of at least 4 members (excludes halogenated alkanes) is 2. The van der Waals surface area contributed by atoms with Crippen LogP contribution < -0.4 is 0 Å². The van der Waals surface area contributed by atoms with E-state index in [-0.39, 0.29) is 6.61 Å². The Kier molecular flexibility index (Phi) is 9.43. The lowest BCUT2D eigenvalue weighted by molar-refractivity contribution is -0.137. The largest absolute Gasteiger partial charge is 0.416 e. The molecular weight excluding hydrogens is 379 g/mol. The van der Waals surface area contributed by atoms with Gasteiger partial charge in [0.25, 0.3) is 0 Å². The fourth-order valence-corrected chi connectivity index (χ4v) is 3.58. The number of alkyl halides is 3. The number of halogens is 3. The minimum atomic E-state index is -4.37. The number of fused-ring (bicyclic) bond motifs is 1. The van der Waals surface area contributed by atoms with Gasteiger partial charge in [-0.3, -0.25) is 0 Å². The summed E-state index contributed by atoms with van der Waals surface area (Å²) in [7, 11) is 0. The molecule has 1 N–H and O–H groups in total. The van der Waals surface area contributed by atoms with Crippen molar-refractivity contribution in [2.45, 2.75) is 71.5 Å².